The number of tetrazole rings is 1. The van der Waals surface area contributed by atoms with E-state index in [4.69, 9.17) is 17.0 Å². The average molecular weight is 491 g/mol. The maximum atomic E-state index is 12.6. The molecule has 33 heavy (non-hydrogen) atoms. The van der Waals surface area contributed by atoms with Crippen LogP contribution < -0.4 is 4.74 Å². The Morgan fingerprint density at radius 3 is 2.70 bits per heavy atom. The van der Waals surface area contributed by atoms with E-state index in [0.717, 1.165) is 23.8 Å². The van der Waals surface area contributed by atoms with Crippen LogP contribution in [-0.2, 0) is 7.05 Å². The molecule has 0 unspecified atom stereocenters. The Morgan fingerprint density at radius 2 is 2.12 bits per heavy atom. The third-order valence-electron chi connectivity index (χ3n) is 5.53. The number of nitrogens with zero attached hydrogens (tertiary/aromatic N) is 7. The van der Waals surface area contributed by atoms with Crippen LogP contribution in [0.5, 0.6) is 11.6 Å². The number of aromatic hydroxyl groups is 1. The van der Waals surface area contributed by atoms with Gasteiger partial charge in [0.15, 0.2) is 10.5 Å². The number of hydrogen-bond donors (Lipinski definition) is 2. The summed E-state index contributed by atoms with van der Waals surface area (Å²) in [6.07, 6.45) is 2.85. The van der Waals surface area contributed by atoms with Gasteiger partial charge in [-0.2, -0.15) is 0 Å². The lowest BCUT2D eigenvalue weighted by Crippen LogP contribution is -2.40. The second-order valence-corrected chi connectivity index (χ2v) is 9.58. The van der Waals surface area contributed by atoms with Gasteiger partial charge in [0.1, 0.15) is 5.82 Å². The molecule has 3 aromatic rings. The number of nitrogens with one attached hydrogen (secondary N) is 1. The lowest BCUT2D eigenvalue weighted by Gasteiger charge is -2.30. The van der Waals surface area contributed by atoms with Gasteiger partial charge in [-0.25, -0.2) is 19.0 Å². The number of aryl methyl sites for hydroxylation is 1. The van der Waals surface area contributed by atoms with E-state index in [-0.39, 0.29) is 11.8 Å². The predicted octanol–water partition coefficient (Wildman–Crippen LogP) is 3.29. The Hall–Kier alpha value is -2.93. The SMILES string of the molecule is CC(C)c1[nH]c(=S)n(-c2ccc(OC(=O)N3CCC(CSc4nnnn4C)CC3)cn2)c1O. The molecule has 2 N–H and O–H groups in total. The van der Waals surface area contributed by atoms with Crippen LogP contribution in [0.25, 0.3) is 5.82 Å². The quantitative estimate of drug-likeness (QED) is 0.395. The number of piperidine rings is 1. The van der Waals surface area contributed by atoms with Gasteiger partial charge in [0.25, 0.3) is 0 Å². The van der Waals surface area contributed by atoms with Gasteiger partial charge in [-0.1, -0.05) is 25.6 Å². The molecule has 1 amide bonds. The van der Waals surface area contributed by atoms with Crippen LogP contribution in [0.3, 0.4) is 0 Å². The fourth-order valence-electron chi connectivity index (χ4n) is 3.61. The number of ether oxygens (including phenoxy) is 1. The van der Waals surface area contributed by atoms with Gasteiger partial charge in [0, 0.05) is 25.9 Å². The molecule has 1 saturated heterocycles. The van der Waals surface area contributed by atoms with Gasteiger partial charge >= 0.3 is 6.09 Å². The van der Waals surface area contributed by atoms with Crippen molar-refractivity contribution >= 4 is 30.1 Å². The van der Waals surface area contributed by atoms with Gasteiger partial charge in [-0.3, -0.25) is 0 Å². The summed E-state index contributed by atoms with van der Waals surface area (Å²) in [6.45, 7) is 5.18. The first-order chi connectivity index (χ1) is 15.8. The van der Waals surface area contributed by atoms with E-state index in [1.54, 1.807) is 33.5 Å². The Balaban J connectivity index is 1.31. The number of rotatable bonds is 6. The molecule has 176 valence electrons. The highest BCUT2D eigenvalue weighted by molar-refractivity contribution is 7.99. The molecule has 11 nitrogen and oxygen atoms in total. The van der Waals surface area contributed by atoms with Gasteiger partial charge in [-0.05, 0) is 59.5 Å². The number of carbonyl (C=O) groups is 1. The minimum absolute atomic E-state index is 0.0312. The second-order valence-electron chi connectivity index (χ2n) is 8.20. The van der Waals surface area contributed by atoms with E-state index in [1.165, 1.54) is 10.8 Å². The molecule has 1 aliphatic rings. The van der Waals surface area contributed by atoms with Crippen LogP contribution in [-0.4, -0.2) is 69.7 Å². The summed E-state index contributed by atoms with van der Waals surface area (Å²) in [5.41, 5.74) is 0.646. The number of aromatic amines is 1. The Bertz CT molecular complexity index is 1160. The van der Waals surface area contributed by atoms with Crippen molar-refractivity contribution in [1.29, 1.82) is 0 Å². The fourth-order valence-corrected chi connectivity index (χ4v) is 4.93. The number of imidazole rings is 1. The van der Waals surface area contributed by atoms with E-state index in [0.29, 0.717) is 41.0 Å². The van der Waals surface area contributed by atoms with Gasteiger partial charge in [0.05, 0.1) is 11.9 Å². The molecule has 0 spiro atoms. The summed E-state index contributed by atoms with van der Waals surface area (Å²) in [5.74, 6) is 2.29. The summed E-state index contributed by atoms with van der Waals surface area (Å²) < 4.78 is 8.97. The van der Waals surface area contributed by atoms with Crippen LogP contribution in [0.1, 0.15) is 38.3 Å². The smallest absolute Gasteiger partial charge is 0.415 e. The molecule has 0 atom stereocenters. The first-order valence-corrected chi connectivity index (χ1v) is 12.0. The topological polar surface area (TPSA) is 127 Å². The van der Waals surface area contributed by atoms with Crippen molar-refractivity contribution in [2.24, 2.45) is 13.0 Å². The third-order valence-corrected chi connectivity index (χ3v) is 7.06. The number of amides is 1. The predicted molar refractivity (Wildman–Crippen MR) is 124 cm³/mol. The molecule has 0 aromatic carbocycles. The minimum atomic E-state index is -0.392. The summed E-state index contributed by atoms with van der Waals surface area (Å²) in [7, 11) is 1.82. The highest BCUT2D eigenvalue weighted by atomic mass is 32.2. The van der Waals surface area contributed by atoms with Crippen molar-refractivity contribution in [3.63, 3.8) is 0 Å². The van der Waals surface area contributed by atoms with Gasteiger partial charge in [-0.15, -0.1) is 5.10 Å². The van der Waals surface area contributed by atoms with E-state index in [9.17, 15) is 9.90 Å². The van der Waals surface area contributed by atoms with E-state index in [2.05, 4.69) is 25.5 Å². The second kappa shape index (κ2) is 9.91. The maximum absolute atomic E-state index is 12.6. The molecule has 0 aliphatic carbocycles. The van der Waals surface area contributed by atoms with Crippen LogP contribution in [0.4, 0.5) is 4.79 Å². The summed E-state index contributed by atoms with van der Waals surface area (Å²) in [5, 5.41) is 22.7. The first-order valence-electron chi connectivity index (χ1n) is 10.7. The first kappa shape index (κ1) is 23.2. The monoisotopic (exact) mass is 490 g/mol. The highest BCUT2D eigenvalue weighted by Crippen LogP contribution is 2.28. The largest absolute Gasteiger partial charge is 0.493 e. The Kier molecular flexibility index (Phi) is 6.98. The molecular formula is C20H26N8O3S2. The maximum Gasteiger partial charge on any atom is 0.415 e. The molecule has 3 aromatic heterocycles. The number of thioether (sulfide) groups is 1. The van der Waals surface area contributed by atoms with Crippen LogP contribution in [0.2, 0.25) is 0 Å². The highest BCUT2D eigenvalue weighted by Gasteiger charge is 2.25. The minimum Gasteiger partial charge on any atom is -0.493 e. The number of likely N-dealkylation sites (tertiary alicyclic amines) is 1. The van der Waals surface area contributed by atoms with Crippen molar-refractivity contribution in [2.75, 3.05) is 18.8 Å². The van der Waals surface area contributed by atoms with Crippen LogP contribution >= 0.6 is 24.0 Å². The molecule has 0 radical (unpaired) electrons. The van der Waals surface area contributed by atoms with Crippen molar-refractivity contribution in [1.82, 2.24) is 39.6 Å². The number of hydrogen-bond acceptors (Lipinski definition) is 9. The Labute approximate surface area is 200 Å². The Morgan fingerprint density at radius 1 is 1.36 bits per heavy atom. The van der Waals surface area contributed by atoms with Crippen LogP contribution in [0, 0.1) is 10.7 Å². The van der Waals surface area contributed by atoms with Gasteiger partial charge < -0.3 is 19.7 Å². The molecule has 0 saturated carbocycles. The standard InChI is InChI=1S/C20H26N8O3S2/c1-12(2)16-17(29)28(18(32)22-16)15-5-4-14(10-21-15)31-20(30)27-8-6-13(7-9-27)11-33-19-23-24-25-26(19)3/h4-5,10,12-13,29H,6-9,11H2,1-3H3,(H,22,32). The van der Waals surface area contributed by atoms with Crippen molar-refractivity contribution in [3.05, 3.63) is 28.8 Å². The molecular weight excluding hydrogens is 464 g/mol. The molecule has 1 aliphatic heterocycles. The zero-order valence-electron chi connectivity index (χ0n) is 18.6. The third kappa shape index (κ3) is 5.19. The zero-order chi connectivity index (χ0) is 23.5. The number of aromatic nitrogens is 7. The van der Waals surface area contributed by atoms with E-state index >= 15 is 0 Å². The van der Waals surface area contributed by atoms with Crippen molar-refractivity contribution in [3.8, 4) is 17.4 Å². The lowest BCUT2D eigenvalue weighted by molar-refractivity contribution is 0.133. The average Bonchev–Trinajstić information content (AvgIpc) is 3.35. The fraction of sp³-hybridized carbons (Fsp3) is 0.500. The number of carbonyl (C=O) groups excluding carboxylic acids is 1. The van der Waals surface area contributed by atoms with Crippen molar-refractivity contribution < 1.29 is 14.6 Å². The zero-order valence-corrected chi connectivity index (χ0v) is 20.3. The van der Waals surface area contributed by atoms with E-state index < -0.39 is 6.09 Å². The lowest BCUT2D eigenvalue weighted by atomic mass is 9.99. The van der Waals surface area contributed by atoms with Crippen LogP contribution in [0.15, 0.2) is 23.5 Å². The number of H-pyrrole nitrogens is 1. The molecule has 13 heteroatoms. The number of pyridine rings is 1. The van der Waals surface area contributed by atoms with Crippen molar-refractivity contribution in [2.45, 2.75) is 37.8 Å². The van der Waals surface area contributed by atoms with E-state index in [1.807, 2.05) is 20.9 Å². The molecule has 4 heterocycles. The van der Waals surface area contributed by atoms with Gasteiger partial charge in [0.2, 0.25) is 11.0 Å². The molecule has 0 bridgehead atoms. The summed E-state index contributed by atoms with van der Waals surface area (Å²) in [4.78, 5) is 21.6. The normalized spacial score (nSPS) is 14.7. The molecule has 4 rings (SSSR count). The molecule has 1 fully saturated rings. The summed E-state index contributed by atoms with van der Waals surface area (Å²) in [6, 6.07) is 3.29. The summed E-state index contributed by atoms with van der Waals surface area (Å²) >= 11 is 6.94.